The summed E-state index contributed by atoms with van der Waals surface area (Å²) < 4.78 is 10.9. The van der Waals surface area contributed by atoms with E-state index in [1.54, 1.807) is 6.07 Å². The standard InChI is InChI=1S/C23H30N2O3/c1-4-27-15-16-28-21-12-11-20(18(3)24-21)25-22(26)23(13-5-6-14-23)19-9-7-17(2)8-10-19/h7-12H,4-6,13-16H2,1-3H3,(H,25,26). The lowest BCUT2D eigenvalue weighted by Crippen LogP contribution is -2.38. The molecule has 1 aliphatic rings. The van der Waals surface area contributed by atoms with Crippen LogP contribution in [-0.2, 0) is 14.9 Å². The Balaban J connectivity index is 1.72. The Labute approximate surface area is 167 Å². The molecule has 1 amide bonds. The summed E-state index contributed by atoms with van der Waals surface area (Å²) in [6.07, 6.45) is 3.91. The molecular weight excluding hydrogens is 352 g/mol. The lowest BCUT2D eigenvalue weighted by Gasteiger charge is -2.28. The molecular formula is C23H30N2O3. The van der Waals surface area contributed by atoms with Crippen LogP contribution in [0, 0.1) is 13.8 Å². The highest BCUT2D eigenvalue weighted by Crippen LogP contribution is 2.42. The molecule has 28 heavy (non-hydrogen) atoms. The number of aryl methyl sites for hydroxylation is 2. The minimum atomic E-state index is -0.452. The third-order valence-corrected chi connectivity index (χ3v) is 5.49. The molecule has 0 radical (unpaired) electrons. The third kappa shape index (κ3) is 4.53. The number of rotatable bonds is 8. The van der Waals surface area contributed by atoms with E-state index in [-0.39, 0.29) is 5.91 Å². The zero-order valence-electron chi connectivity index (χ0n) is 17.1. The maximum absolute atomic E-state index is 13.3. The summed E-state index contributed by atoms with van der Waals surface area (Å²) in [7, 11) is 0. The molecule has 0 atom stereocenters. The topological polar surface area (TPSA) is 60.5 Å². The van der Waals surface area contributed by atoms with Crippen molar-refractivity contribution < 1.29 is 14.3 Å². The number of anilines is 1. The van der Waals surface area contributed by atoms with Crippen LogP contribution >= 0.6 is 0 Å². The lowest BCUT2D eigenvalue weighted by atomic mass is 9.77. The number of aromatic nitrogens is 1. The van der Waals surface area contributed by atoms with Crippen molar-refractivity contribution in [3.05, 3.63) is 53.2 Å². The summed E-state index contributed by atoms with van der Waals surface area (Å²) in [4.78, 5) is 17.8. The zero-order valence-corrected chi connectivity index (χ0v) is 17.1. The first-order valence-corrected chi connectivity index (χ1v) is 10.1. The first kappa shape index (κ1) is 20.3. The second-order valence-electron chi connectivity index (χ2n) is 7.44. The third-order valence-electron chi connectivity index (χ3n) is 5.49. The van der Waals surface area contributed by atoms with Gasteiger partial charge in [-0.05, 0) is 45.2 Å². The van der Waals surface area contributed by atoms with Crippen molar-refractivity contribution in [2.75, 3.05) is 25.1 Å². The zero-order chi connectivity index (χ0) is 20.0. The van der Waals surface area contributed by atoms with Gasteiger partial charge in [0, 0.05) is 12.7 Å². The van der Waals surface area contributed by atoms with Crippen LogP contribution in [0.25, 0.3) is 0 Å². The van der Waals surface area contributed by atoms with E-state index in [0.717, 1.165) is 42.6 Å². The molecule has 5 nitrogen and oxygen atoms in total. The minimum Gasteiger partial charge on any atom is -0.475 e. The average Bonchev–Trinajstić information content (AvgIpc) is 3.19. The Hall–Kier alpha value is -2.40. The molecule has 1 aliphatic carbocycles. The van der Waals surface area contributed by atoms with Crippen LogP contribution in [0.2, 0.25) is 0 Å². The molecule has 0 unspecified atom stereocenters. The first-order chi connectivity index (χ1) is 13.5. The summed E-state index contributed by atoms with van der Waals surface area (Å²) in [5, 5.41) is 3.13. The molecule has 0 aliphatic heterocycles. The van der Waals surface area contributed by atoms with Crippen LogP contribution in [-0.4, -0.2) is 30.7 Å². The molecule has 1 N–H and O–H groups in total. The van der Waals surface area contributed by atoms with Gasteiger partial charge in [0.25, 0.3) is 0 Å². The van der Waals surface area contributed by atoms with Crippen molar-refractivity contribution in [1.29, 1.82) is 0 Å². The number of nitrogens with zero attached hydrogens (tertiary/aromatic N) is 1. The number of benzene rings is 1. The van der Waals surface area contributed by atoms with Gasteiger partial charge < -0.3 is 14.8 Å². The van der Waals surface area contributed by atoms with Gasteiger partial charge in [-0.1, -0.05) is 42.7 Å². The van der Waals surface area contributed by atoms with Crippen molar-refractivity contribution >= 4 is 11.6 Å². The Morgan fingerprint density at radius 2 is 1.79 bits per heavy atom. The quantitative estimate of drug-likeness (QED) is 0.680. The van der Waals surface area contributed by atoms with Crippen LogP contribution < -0.4 is 10.1 Å². The number of amides is 1. The Bertz CT molecular complexity index is 796. The number of carbonyl (C=O) groups is 1. The first-order valence-electron chi connectivity index (χ1n) is 10.1. The Morgan fingerprint density at radius 1 is 1.07 bits per heavy atom. The monoisotopic (exact) mass is 382 g/mol. The normalized spacial score (nSPS) is 15.4. The molecule has 2 aromatic rings. The summed E-state index contributed by atoms with van der Waals surface area (Å²) in [5.41, 5.74) is 3.35. The van der Waals surface area contributed by atoms with Gasteiger partial charge in [0.1, 0.15) is 6.61 Å². The molecule has 5 heteroatoms. The van der Waals surface area contributed by atoms with E-state index in [2.05, 4.69) is 41.5 Å². The molecule has 150 valence electrons. The highest BCUT2D eigenvalue weighted by Gasteiger charge is 2.42. The fourth-order valence-corrected chi connectivity index (χ4v) is 3.84. The molecule has 0 bridgehead atoms. The SMILES string of the molecule is CCOCCOc1ccc(NC(=O)C2(c3ccc(C)cc3)CCCC2)c(C)n1. The second-order valence-corrected chi connectivity index (χ2v) is 7.44. The van der Waals surface area contributed by atoms with Crippen molar-refractivity contribution in [1.82, 2.24) is 4.98 Å². The number of carbonyl (C=O) groups excluding carboxylic acids is 1. The van der Waals surface area contributed by atoms with E-state index in [1.807, 2.05) is 19.9 Å². The maximum Gasteiger partial charge on any atom is 0.235 e. The van der Waals surface area contributed by atoms with Gasteiger partial charge in [0.05, 0.1) is 23.4 Å². The van der Waals surface area contributed by atoms with E-state index in [4.69, 9.17) is 9.47 Å². The van der Waals surface area contributed by atoms with Crippen LogP contribution in [0.15, 0.2) is 36.4 Å². The molecule has 1 heterocycles. The maximum atomic E-state index is 13.3. The van der Waals surface area contributed by atoms with E-state index in [1.165, 1.54) is 5.56 Å². The van der Waals surface area contributed by atoms with E-state index >= 15 is 0 Å². The number of pyridine rings is 1. The number of nitrogens with one attached hydrogen (secondary N) is 1. The van der Waals surface area contributed by atoms with Crippen LogP contribution in [0.4, 0.5) is 5.69 Å². The van der Waals surface area contributed by atoms with Gasteiger partial charge in [-0.2, -0.15) is 0 Å². The smallest absolute Gasteiger partial charge is 0.235 e. The predicted octanol–water partition coefficient (Wildman–Crippen LogP) is 4.56. The molecule has 1 aromatic carbocycles. The molecule has 0 spiro atoms. The molecule has 1 saturated carbocycles. The van der Waals surface area contributed by atoms with Gasteiger partial charge in [-0.3, -0.25) is 4.79 Å². The Morgan fingerprint density at radius 3 is 2.43 bits per heavy atom. The van der Waals surface area contributed by atoms with Crippen molar-refractivity contribution in [2.45, 2.75) is 51.9 Å². The van der Waals surface area contributed by atoms with E-state index < -0.39 is 5.41 Å². The second kappa shape index (κ2) is 9.20. The highest BCUT2D eigenvalue weighted by molar-refractivity contribution is 5.99. The van der Waals surface area contributed by atoms with Gasteiger partial charge in [0.2, 0.25) is 11.8 Å². The van der Waals surface area contributed by atoms with Gasteiger partial charge in [-0.15, -0.1) is 0 Å². The van der Waals surface area contributed by atoms with Gasteiger partial charge in [-0.25, -0.2) is 4.98 Å². The van der Waals surface area contributed by atoms with Crippen LogP contribution in [0.5, 0.6) is 5.88 Å². The fourth-order valence-electron chi connectivity index (χ4n) is 3.84. The van der Waals surface area contributed by atoms with Gasteiger partial charge >= 0.3 is 0 Å². The predicted molar refractivity (Wildman–Crippen MR) is 111 cm³/mol. The average molecular weight is 383 g/mol. The van der Waals surface area contributed by atoms with Crippen molar-refractivity contribution in [3.8, 4) is 5.88 Å². The molecule has 1 fully saturated rings. The number of hydrogen-bond acceptors (Lipinski definition) is 4. The lowest BCUT2D eigenvalue weighted by molar-refractivity contribution is -0.121. The van der Waals surface area contributed by atoms with Crippen LogP contribution in [0.1, 0.15) is 49.4 Å². The largest absolute Gasteiger partial charge is 0.475 e. The highest BCUT2D eigenvalue weighted by atomic mass is 16.5. The summed E-state index contributed by atoms with van der Waals surface area (Å²) in [6, 6.07) is 12.0. The number of ether oxygens (including phenoxy) is 2. The fraction of sp³-hybridized carbons (Fsp3) is 0.478. The Kier molecular flexibility index (Phi) is 6.68. The summed E-state index contributed by atoms with van der Waals surface area (Å²) >= 11 is 0. The molecule has 1 aromatic heterocycles. The summed E-state index contributed by atoms with van der Waals surface area (Å²) in [6.45, 7) is 7.57. The van der Waals surface area contributed by atoms with Crippen molar-refractivity contribution in [2.24, 2.45) is 0 Å². The molecule has 0 saturated heterocycles. The minimum absolute atomic E-state index is 0.0590. The van der Waals surface area contributed by atoms with E-state index in [0.29, 0.717) is 25.7 Å². The van der Waals surface area contributed by atoms with Crippen LogP contribution in [0.3, 0.4) is 0 Å². The number of hydrogen-bond donors (Lipinski definition) is 1. The molecule has 3 rings (SSSR count). The van der Waals surface area contributed by atoms with Gasteiger partial charge in [0.15, 0.2) is 0 Å². The summed E-state index contributed by atoms with van der Waals surface area (Å²) in [5.74, 6) is 0.605. The van der Waals surface area contributed by atoms with Crippen molar-refractivity contribution in [3.63, 3.8) is 0 Å². The van der Waals surface area contributed by atoms with E-state index in [9.17, 15) is 4.79 Å².